The number of aromatic nitrogens is 1. The molecule has 0 saturated heterocycles. The molecule has 1 N–H and O–H groups in total. The van der Waals surface area contributed by atoms with E-state index in [1.807, 2.05) is 42.5 Å². The number of hydrogen-bond donors (Lipinski definition) is 1. The van der Waals surface area contributed by atoms with Crippen LogP contribution in [0.25, 0.3) is 0 Å². The van der Waals surface area contributed by atoms with Crippen LogP contribution in [-0.2, 0) is 6.54 Å². The van der Waals surface area contributed by atoms with Gasteiger partial charge in [-0.3, -0.25) is 0 Å². The van der Waals surface area contributed by atoms with Gasteiger partial charge in [-0.1, -0.05) is 18.2 Å². The Labute approximate surface area is 119 Å². The van der Waals surface area contributed by atoms with Crippen LogP contribution in [-0.4, -0.2) is 25.2 Å². The first-order chi connectivity index (χ1) is 9.88. The number of rotatable bonds is 8. The van der Waals surface area contributed by atoms with Gasteiger partial charge in [-0.25, -0.2) is 4.98 Å². The maximum Gasteiger partial charge on any atom is 0.213 e. The summed E-state index contributed by atoms with van der Waals surface area (Å²) in [5.74, 6) is 1.57. The van der Waals surface area contributed by atoms with Crippen molar-refractivity contribution in [3.63, 3.8) is 0 Å². The second kappa shape index (κ2) is 8.17. The number of nitrogens with zero attached hydrogens (tertiary/aromatic N) is 1. The van der Waals surface area contributed by atoms with Crippen LogP contribution in [0.2, 0.25) is 0 Å². The predicted molar refractivity (Wildman–Crippen MR) is 79.0 cm³/mol. The Hall–Kier alpha value is -2.07. The highest BCUT2D eigenvalue weighted by molar-refractivity contribution is 5.21. The Balaban J connectivity index is 1.59. The predicted octanol–water partition coefficient (Wildman–Crippen LogP) is 2.65. The number of methoxy groups -OCH3 is 1. The lowest BCUT2D eigenvalue weighted by molar-refractivity contribution is 0.308. The van der Waals surface area contributed by atoms with E-state index in [-0.39, 0.29) is 0 Å². The van der Waals surface area contributed by atoms with E-state index in [1.54, 1.807) is 13.3 Å². The van der Waals surface area contributed by atoms with Crippen molar-refractivity contribution in [2.24, 2.45) is 0 Å². The number of benzene rings is 1. The fourth-order valence-corrected chi connectivity index (χ4v) is 1.81. The van der Waals surface area contributed by atoms with Crippen molar-refractivity contribution in [2.75, 3.05) is 20.3 Å². The fraction of sp³-hybridized carbons (Fsp3) is 0.312. The summed E-state index contributed by atoms with van der Waals surface area (Å²) < 4.78 is 10.7. The molecule has 0 bridgehead atoms. The molecule has 0 fully saturated rings. The van der Waals surface area contributed by atoms with E-state index in [0.717, 1.165) is 31.9 Å². The number of hydrogen-bond acceptors (Lipinski definition) is 4. The van der Waals surface area contributed by atoms with Crippen molar-refractivity contribution in [3.05, 3.63) is 54.2 Å². The first-order valence-electron chi connectivity index (χ1n) is 6.76. The summed E-state index contributed by atoms with van der Waals surface area (Å²) in [5, 5.41) is 3.38. The molecule has 20 heavy (non-hydrogen) atoms. The Bertz CT molecular complexity index is 503. The topological polar surface area (TPSA) is 43.4 Å². The minimum absolute atomic E-state index is 0.650. The second-order valence-electron chi connectivity index (χ2n) is 4.40. The lowest BCUT2D eigenvalue weighted by Crippen LogP contribution is -2.17. The SMILES string of the molecule is COc1cc(CNCCCOc2ccccc2)ccn1. The highest BCUT2D eigenvalue weighted by Gasteiger charge is 1.97. The van der Waals surface area contributed by atoms with Gasteiger partial charge in [0.1, 0.15) is 5.75 Å². The molecule has 2 rings (SSSR count). The fourth-order valence-electron chi connectivity index (χ4n) is 1.81. The van der Waals surface area contributed by atoms with Gasteiger partial charge >= 0.3 is 0 Å². The van der Waals surface area contributed by atoms with Gasteiger partial charge < -0.3 is 14.8 Å². The van der Waals surface area contributed by atoms with Crippen LogP contribution in [0.4, 0.5) is 0 Å². The van der Waals surface area contributed by atoms with Crippen molar-refractivity contribution in [3.8, 4) is 11.6 Å². The molecule has 106 valence electrons. The maximum absolute atomic E-state index is 5.62. The van der Waals surface area contributed by atoms with E-state index in [9.17, 15) is 0 Å². The molecule has 0 aliphatic heterocycles. The van der Waals surface area contributed by atoms with Gasteiger partial charge in [0, 0.05) is 18.8 Å². The maximum atomic E-state index is 5.62. The molecule has 0 radical (unpaired) electrons. The zero-order valence-electron chi connectivity index (χ0n) is 11.7. The molecule has 1 aromatic heterocycles. The third kappa shape index (κ3) is 4.90. The zero-order chi connectivity index (χ0) is 14.0. The van der Waals surface area contributed by atoms with E-state index >= 15 is 0 Å². The van der Waals surface area contributed by atoms with Crippen LogP contribution in [0.15, 0.2) is 48.7 Å². The second-order valence-corrected chi connectivity index (χ2v) is 4.40. The first-order valence-corrected chi connectivity index (χ1v) is 6.76. The van der Waals surface area contributed by atoms with E-state index in [1.165, 1.54) is 5.56 Å². The van der Waals surface area contributed by atoms with Crippen molar-refractivity contribution < 1.29 is 9.47 Å². The first kappa shape index (κ1) is 14.3. The minimum atomic E-state index is 0.650. The lowest BCUT2D eigenvalue weighted by atomic mass is 10.2. The third-order valence-corrected chi connectivity index (χ3v) is 2.85. The molecule has 0 unspecified atom stereocenters. The molecular formula is C16H20N2O2. The third-order valence-electron chi connectivity index (χ3n) is 2.85. The van der Waals surface area contributed by atoms with Gasteiger partial charge in [0.15, 0.2) is 0 Å². The Morgan fingerprint density at radius 3 is 2.80 bits per heavy atom. The minimum Gasteiger partial charge on any atom is -0.494 e. The molecule has 1 heterocycles. The summed E-state index contributed by atoms with van der Waals surface area (Å²) in [6, 6.07) is 13.8. The monoisotopic (exact) mass is 272 g/mol. The largest absolute Gasteiger partial charge is 0.494 e. The average Bonchev–Trinajstić information content (AvgIpc) is 2.52. The van der Waals surface area contributed by atoms with Crippen molar-refractivity contribution in [1.29, 1.82) is 0 Å². The van der Waals surface area contributed by atoms with Gasteiger partial charge in [-0.2, -0.15) is 0 Å². The van der Waals surface area contributed by atoms with Crippen molar-refractivity contribution in [1.82, 2.24) is 10.3 Å². The van der Waals surface area contributed by atoms with Crippen LogP contribution < -0.4 is 14.8 Å². The molecule has 0 aliphatic rings. The zero-order valence-corrected chi connectivity index (χ0v) is 11.7. The molecule has 0 saturated carbocycles. The van der Waals surface area contributed by atoms with Gasteiger partial charge in [0.05, 0.1) is 13.7 Å². The van der Waals surface area contributed by atoms with E-state index in [2.05, 4.69) is 10.3 Å². The number of ether oxygens (including phenoxy) is 2. The smallest absolute Gasteiger partial charge is 0.213 e. The quantitative estimate of drug-likeness (QED) is 0.750. The highest BCUT2D eigenvalue weighted by Crippen LogP contribution is 2.09. The van der Waals surface area contributed by atoms with E-state index in [4.69, 9.17) is 9.47 Å². The van der Waals surface area contributed by atoms with Gasteiger partial charge in [-0.15, -0.1) is 0 Å². The van der Waals surface area contributed by atoms with Crippen LogP contribution in [0, 0.1) is 0 Å². The summed E-state index contributed by atoms with van der Waals surface area (Å²) in [6.07, 6.45) is 2.73. The van der Waals surface area contributed by atoms with Crippen LogP contribution in [0.1, 0.15) is 12.0 Å². The Morgan fingerprint density at radius 2 is 2.00 bits per heavy atom. The summed E-state index contributed by atoms with van der Waals surface area (Å²) in [4.78, 5) is 4.08. The molecule has 4 nitrogen and oxygen atoms in total. The Kier molecular flexibility index (Phi) is 5.86. The van der Waals surface area contributed by atoms with Crippen LogP contribution >= 0.6 is 0 Å². The lowest BCUT2D eigenvalue weighted by Gasteiger charge is -2.07. The van der Waals surface area contributed by atoms with Crippen LogP contribution in [0.5, 0.6) is 11.6 Å². The summed E-state index contributed by atoms with van der Waals surface area (Å²) >= 11 is 0. The summed E-state index contributed by atoms with van der Waals surface area (Å²) in [7, 11) is 1.63. The number of para-hydroxylation sites is 1. The number of nitrogens with one attached hydrogen (secondary N) is 1. The normalized spacial score (nSPS) is 10.2. The van der Waals surface area contributed by atoms with Gasteiger partial charge in [-0.05, 0) is 36.7 Å². The molecule has 4 heteroatoms. The van der Waals surface area contributed by atoms with Gasteiger partial charge in [0.25, 0.3) is 0 Å². The molecule has 0 aliphatic carbocycles. The van der Waals surface area contributed by atoms with Crippen LogP contribution in [0.3, 0.4) is 0 Å². The Morgan fingerprint density at radius 1 is 1.15 bits per heavy atom. The summed E-state index contributed by atoms with van der Waals surface area (Å²) in [6.45, 7) is 2.44. The van der Waals surface area contributed by atoms with Crippen molar-refractivity contribution >= 4 is 0 Å². The molecule has 1 aromatic carbocycles. The molecular weight excluding hydrogens is 252 g/mol. The molecule has 0 spiro atoms. The highest BCUT2D eigenvalue weighted by atomic mass is 16.5. The standard InChI is InChI=1S/C16H20N2O2/c1-19-16-12-14(8-10-18-16)13-17-9-5-11-20-15-6-3-2-4-7-15/h2-4,6-8,10,12,17H,5,9,11,13H2,1H3. The van der Waals surface area contributed by atoms with Crippen molar-refractivity contribution in [2.45, 2.75) is 13.0 Å². The molecule has 0 amide bonds. The summed E-state index contributed by atoms with van der Waals surface area (Å²) in [5.41, 5.74) is 1.17. The van der Waals surface area contributed by atoms with E-state index < -0.39 is 0 Å². The molecule has 2 aromatic rings. The average molecular weight is 272 g/mol. The van der Waals surface area contributed by atoms with E-state index in [0.29, 0.717) is 5.88 Å². The molecule has 0 atom stereocenters. The van der Waals surface area contributed by atoms with Gasteiger partial charge in [0.2, 0.25) is 5.88 Å². The number of pyridine rings is 1.